The van der Waals surface area contributed by atoms with Gasteiger partial charge in [-0.2, -0.15) is 4.98 Å². The summed E-state index contributed by atoms with van der Waals surface area (Å²) in [6, 6.07) is 0. The Morgan fingerprint density at radius 3 is 1.83 bits per heavy atom. The first-order valence-electron chi connectivity index (χ1n) is 9.67. The first-order valence-corrected chi connectivity index (χ1v) is 9.67. The number of rotatable bonds is 15. The first-order chi connectivity index (χ1) is 11.3. The molecule has 3 N–H and O–H groups in total. The lowest BCUT2D eigenvalue weighted by Crippen LogP contribution is -1.85. The van der Waals surface area contributed by atoms with Gasteiger partial charge in [-0.3, -0.25) is 5.10 Å². The van der Waals surface area contributed by atoms with Gasteiger partial charge in [-0.25, -0.2) is 0 Å². The Morgan fingerprint density at radius 2 is 1.35 bits per heavy atom. The van der Waals surface area contributed by atoms with E-state index in [0.29, 0.717) is 5.95 Å². The molecule has 1 aromatic heterocycles. The average molecular weight is 321 g/mol. The second-order valence-corrected chi connectivity index (χ2v) is 6.51. The summed E-state index contributed by atoms with van der Waals surface area (Å²) >= 11 is 0. The predicted octanol–water partition coefficient (Wildman–Crippen LogP) is 5.88. The van der Waals surface area contributed by atoms with E-state index in [9.17, 15) is 0 Å². The lowest BCUT2D eigenvalue weighted by molar-refractivity contribution is 0.540. The van der Waals surface area contributed by atoms with Crippen LogP contribution >= 0.6 is 0 Å². The third-order valence-electron chi connectivity index (χ3n) is 4.27. The zero-order valence-electron chi connectivity index (χ0n) is 15.0. The summed E-state index contributed by atoms with van der Waals surface area (Å²) in [7, 11) is 0. The molecule has 0 aliphatic rings. The standard InChI is InChI=1S/C19H36N4/c1-2-3-4-5-6-7-8-9-10-11-12-13-14-15-16-17-18-21-19(20)23-22-18/h16-17H,2-15H2,1H3,(H3,20,21,22,23)/b17-16+. The Bertz CT molecular complexity index is 398. The molecule has 0 radical (unpaired) electrons. The van der Waals surface area contributed by atoms with Crippen LogP contribution in [0.4, 0.5) is 5.95 Å². The molecule has 0 aromatic carbocycles. The third kappa shape index (κ3) is 11.8. The monoisotopic (exact) mass is 320 g/mol. The van der Waals surface area contributed by atoms with Gasteiger partial charge >= 0.3 is 0 Å². The molecule has 132 valence electrons. The van der Waals surface area contributed by atoms with Crippen LogP contribution in [-0.4, -0.2) is 15.2 Å². The van der Waals surface area contributed by atoms with Gasteiger partial charge in [0.1, 0.15) is 5.82 Å². The Kier molecular flexibility index (Phi) is 12.3. The van der Waals surface area contributed by atoms with E-state index in [4.69, 9.17) is 5.73 Å². The summed E-state index contributed by atoms with van der Waals surface area (Å²) in [5, 5.41) is 6.58. The van der Waals surface area contributed by atoms with Crippen LogP contribution in [0.5, 0.6) is 0 Å². The minimum absolute atomic E-state index is 0.311. The van der Waals surface area contributed by atoms with Crippen molar-refractivity contribution in [1.29, 1.82) is 0 Å². The minimum atomic E-state index is 0.311. The molecule has 23 heavy (non-hydrogen) atoms. The highest BCUT2D eigenvalue weighted by Crippen LogP contribution is 2.13. The maximum Gasteiger partial charge on any atom is 0.239 e. The van der Waals surface area contributed by atoms with Gasteiger partial charge in [0, 0.05) is 0 Å². The topological polar surface area (TPSA) is 67.6 Å². The minimum Gasteiger partial charge on any atom is -0.366 e. The molecule has 0 atom stereocenters. The quantitative estimate of drug-likeness (QED) is 0.396. The summed E-state index contributed by atoms with van der Waals surface area (Å²) in [6.07, 6.45) is 23.4. The molecular weight excluding hydrogens is 284 g/mol. The smallest absolute Gasteiger partial charge is 0.239 e. The van der Waals surface area contributed by atoms with Gasteiger partial charge in [-0.15, -0.1) is 5.10 Å². The number of unbranched alkanes of at least 4 members (excludes halogenated alkanes) is 13. The molecule has 0 bridgehead atoms. The lowest BCUT2D eigenvalue weighted by atomic mass is 10.0. The second-order valence-electron chi connectivity index (χ2n) is 6.51. The fraction of sp³-hybridized carbons (Fsp3) is 0.789. The molecule has 0 aliphatic heterocycles. The zero-order chi connectivity index (χ0) is 16.6. The highest BCUT2D eigenvalue weighted by molar-refractivity contribution is 5.40. The van der Waals surface area contributed by atoms with E-state index in [-0.39, 0.29) is 0 Å². The normalized spacial score (nSPS) is 11.5. The van der Waals surface area contributed by atoms with E-state index >= 15 is 0 Å². The number of aromatic nitrogens is 3. The van der Waals surface area contributed by atoms with Gasteiger partial charge in [0.05, 0.1) is 0 Å². The van der Waals surface area contributed by atoms with Crippen molar-refractivity contribution in [2.24, 2.45) is 0 Å². The van der Waals surface area contributed by atoms with Crippen LogP contribution in [0.3, 0.4) is 0 Å². The highest BCUT2D eigenvalue weighted by atomic mass is 15.3. The van der Waals surface area contributed by atoms with Crippen molar-refractivity contribution < 1.29 is 0 Å². The molecule has 1 heterocycles. The first kappa shape index (κ1) is 19.7. The van der Waals surface area contributed by atoms with Crippen molar-refractivity contribution >= 4 is 12.0 Å². The van der Waals surface area contributed by atoms with Crippen molar-refractivity contribution in [3.05, 3.63) is 11.9 Å². The molecule has 0 fully saturated rings. The number of aromatic amines is 1. The van der Waals surface area contributed by atoms with Gasteiger partial charge < -0.3 is 5.73 Å². The number of nitrogens with zero attached hydrogens (tertiary/aromatic N) is 2. The third-order valence-corrected chi connectivity index (χ3v) is 4.27. The Morgan fingerprint density at radius 1 is 0.826 bits per heavy atom. The summed E-state index contributed by atoms with van der Waals surface area (Å²) in [6.45, 7) is 2.28. The van der Waals surface area contributed by atoms with Gasteiger partial charge in [-0.1, -0.05) is 90.0 Å². The van der Waals surface area contributed by atoms with Gasteiger partial charge in [0.2, 0.25) is 5.95 Å². The van der Waals surface area contributed by atoms with E-state index in [1.165, 1.54) is 83.5 Å². The van der Waals surface area contributed by atoms with Crippen LogP contribution in [0.25, 0.3) is 6.08 Å². The fourth-order valence-electron chi connectivity index (χ4n) is 2.84. The van der Waals surface area contributed by atoms with Crippen LogP contribution < -0.4 is 5.73 Å². The number of hydrogen-bond donors (Lipinski definition) is 2. The number of hydrogen-bond acceptors (Lipinski definition) is 3. The molecule has 1 rings (SSSR count). The predicted molar refractivity (Wildman–Crippen MR) is 100 cm³/mol. The summed E-state index contributed by atoms with van der Waals surface area (Å²) in [5.41, 5.74) is 5.45. The largest absolute Gasteiger partial charge is 0.366 e. The molecular formula is C19H36N4. The maximum atomic E-state index is 5.45. The van der Waals surface area contributed by atoms with Crippen molar-refractivity contribution in [2.45, 2.75) is 96.8 Å². The Labute approximate surface area is 142 Å². The number of nitrogen functional groups attached to an aromatic ring is 1. The van der Waals surface area contributed by atoms with Crippen molar-refractivity contribution in [3.8, 4) is 0 Å². The van der Waals surface area contributed by atoms with Crippen molar-refractivity contribution in [3.63, 3.8) is 0 Å². The molecule has 0 unspecified atom stereocenters. The average Bonchev–Trinajstić information content (AvgIpc) is 2.96. The highest BCUT2D eigenvalue weighted by Gasteiger charge is 1.94. The van der Waals surface area contributed by atoms with Crippen LogP contribution in [0.2, 0.25) is 0 Å². The van der Waals surface area contributed by atoms with Crippen molar-refractivity contribution in [2.75, 3.05) is 5.73 Å². The SMILES string of the molecule is CCCCCCCCCCCCCCC/C=C/c1nc(N)n[nH]1. The number of allylic oxidation sites excluding steroid dienone is 1. The Balaban J connectivity index is 1.77. The van der Waals surface area contributed by atoms with Crippen molar-refractivity contribution in [1.82, 2.24) is 15.2 Å². The van der Waals surface area contributed by atoms with E-state index in [2.05, 4.69) is 28.2 Å². The van der Waals surface area contributed by atoms with E-state index in [0.717, 1.165) is 12.2 Å². The Hall–Kier alpha value is -1.32. The maximum absolute atomic E-state index is 5.45. The van der Waals surface area contributed by atoms with E-state index in [1.807, 2.05) is 6.08 Å². The van der Waals surface area contributed by atoms with E-state index < -0.39 is 0 Å². The summed E-state index contributed by atoms with van der Waals surface area (Å²) in [4.78, 5) is 4.04. The molecule has 0 aliphatic carbocycles. The number of anilines is 1. The van der Waals surface area contributed by atoms with Gasteiger partial charge in [-0.05, 0) is 18.9 Å². The lowest BCUT2D eigenvalue weighted by Gasteiger charge is -2.02. The number of nitrogens with two attached hydrogens (primary N) is 1. The molecule has 1 aromatic rings. The molecule has 4 nitrogen and oxygen atoms in total. The van der Waals surface area contributed by atoms with Gasteiger partial charge in [0.25, 0.3) is 0 Å². The van der Waals surface area contributed by atoms with E-state index in [1.54, 1.807) is 0 Å². The molecule has 0 amide bonds. The molecule has 0 spiro atoms. The second kappa shape index (κ2) is 14.3. The van der Waals surface area contributed by atoms with Gasteiger partial charge in [0.15, 0.2) is 0 Å². The van der Waals surface area contributed by atoms with Crippen LogP contribution in [0.1, 0.15) is 103 Å². The molecule has 4 heteroatoms. The zero-order valence-corrected chi connectivity index (χ0v) is 15.0. The molecule has 0 saturated heterocycles. The number of H-pyrrole nitrogens is 1. The fourth-order valence-corrected chi connectivity index (χ4v) is 2.84. The summed E-state index contributed by atoms with van der Waals surface area (Å²) < 4.78 is 0. The van der Waals surface area contributed by atoms with Crippen LogP contribution in [0.15, 0.2) is 6.08 Å². The summed E-state index contributed by atoms with van der Waals surface area (Å²) in [5.74, 6) is 1.06. The number of nitrogens with one attached hydrogen (secondary N) is 1. The molecule has 0 saturated carbocycles. The van der Waals surface area contributed by atoms with Crippen LogP contribution in [0, 0.1) is 0 Å². The van der Waals surface area contributed by atoms with Crippen LogP contribution in [-0.2, 0) is 0 Å².